The van der Waals surface area contributed by atoms with Crippen LogP contribution < -0.4 is 10.9 Å². The molecule has 7 heteroatoms. The molecule has 0 aliphatic heterocycles. The van der Waals surface area contributed by atoms with Crippen molar-refractivity contribution in [3.05, 3.63) is 87.6 Å². The zero-order valence-corrected chi connectivity index (χ0v) is 15.6. The molecule has 1 amide bonds. The maximum Gasteiger partial charge on any atom is 0.275 e. The Morgan fingerprint density at radius 3 is 2.68 bits per heavy atom. The first kappa shape index (κ1) is 18.3. The molecule has 0 aliphatic rings. The Kier molecular flexibility index (Phi) is 4.88. The van der Waals surface area contributed by atoms with E-state index in [0.29, 0.717) is 34.5 Å². The molecule has 0 bridgehead atoms. The van der Waals surface area contributed by atoms with Gasteiger partial charge >= 0.3 is 0 Å². The zero-order valence-electron chi connectivity index (χ0n) is 14.9. The van der Waals surface area contributed by atoms with Gasteiger partial charge in [-0.25, -0.2) is 4.39 Å². The van der Waals surface area contributed by atoms with Gasteiger partial charge < -0.3 is 9.72 Å². The van der Waals surface area contributed by atoms with Crippen LogP contribution >= 0.6 is 11.6 Å². The topological polar surface area (TPSA) is 55.5 Å². The third-order valence-electron chi connectivity index (χ3n) is 4.68. The SMILES string of the molecule is O=C(Cn1c(=O)c2cccn2c2ccc(F)cc21)NCCc1ccccc1Cl. The molecule has 0 aliphatic carbocycles. The number of nitrogens with one attached hydrogen (secondary N) is 1. The molecule has 142 valence electrons. The lowest BCUT2D eigenvalue weighted by Crippen LogP contribution is -2.34. The van der Waals surface area contributed by atoms with Gasteiger partial charge in [-0.05, 0) is 48.4 Å². The quantitative estimate of drug-likeness (QED) is 0.561. The second kappa shape index (κ2) is 7.48. The van der Waals surface area contributed by atoms with E-state index in [-0.39, 0.29) is 18.0 Å². The van der Waals surface area contributed by atoms with E-state index >= 15 is 0 Å². The first-order valence-corrected chi connectivity index (χ1v) is 9.21. The highest BCUT2D eigenvalue weighted by molar-refractivity contribution is 6.31. The molecule has 28 heavy (non-hydrogen) atoms. The van der Waals surface area contributed by atoms with Crippen molar-refractivity contribution >= 4 is 34.1 Å². The highest BCUT2D eigenvalue weighted by Crippen LogP contribution is 2.17. The normalized spacial score (nSPS) is 11.2. The molecule has 2 aromatic heterocycles. The summed E-state index contributed by atoms with van der Waals surface area (Å²) in [7, 11) is 0. The maximum absolute atomic E-state index is 13.8. The standard InChI is InChI=1S/C21H17ClFN3O2/c22-16-5-2-1-4-14(16)9-10-24-20(27)13-26-19-12-15(23)7-8-17(19)25-11-3-6-18(25)21(26)28/h1-8,11-12H,9-10,13H2,(H,24,27). The van der Waals surface area contributed by atoms with E-state index in [9.17, 15) is 14.0 Å². The van der Waals surface area contributed by atoms with Gasteiger partial charge in [0.25, 0.3) is 5.56 Å². The van der Waals surface area contributed by atoms with Crippen LogP contribution in [0, 0.1) is 5.82 Å². The summed E-state index contributed by atoms with van der Waals surface area (Å²) in [4.78, 5) is 25.3. The van der Waals surface area contributed by atoms with E-state index in [1.165, 1.54) is 16.7 Å². The van der Waals surface area contributed by atoms with Crippen LogP contribution in [-0.2, 0) is 17.8 Å². The Morgan fingerprint density at radius 1 is 1.04 bits per heavy atom. The Labute approximate surface area is 165 Å². The predicted molar refractivity (Wildman–Crippen MR) is 107 cm³/mol. The van der Waals surface area contributed by atoms with Gasteiger partial charge in [0, 0.05) is 17.8 Å². The Balaban J connectivity index is 1.59. The Morgan fingerprint density at radius 2 is 1.86 bits per heavy atom. The molecule has 0 unspecified atom stereocenters. The fourth-order valence-corrected chi connectivity index (χ4v) is 3.55. The summed E-state index contributed by atoms with van der Waals surface area (Å²) >= 11 is 6.12. The summed E-state index contributed by atoms with van der Waals surface area (Å²) < 4.78 is 16.8. The maximum atomic E-state index is 13.8. The average molecular weight is 398 g/mol. The lowest BCUT2D eigenvalue weighted by Gasteiger charge is -2.13. The summed E-state index contributed by atoms with van der Waals surface area (Å²) in [5.41, 5.74) is 2.05. The number of fused-ring (bicyclic) bond motifs is 3. The third-order valence-corrected chi connectivity index (χ3v) is 5.05. The van der Waals surface area contributed by atoms with Gasteiger partial charge in [-0.1, -0.05) is 29.8 Å². The monoisotopic (exact) mass is 397 g/mol. The third kappa shape index (κ3) is 3.39. The number of rotatable bonds is 5. The van der Waals surface area contributed by atoms with Crippen molar-refractivity contribution in [3.8, 4) is 0 Å². The average Bonchev–Trinajstić information content (AvgIpc) is 3.17. The molecule has 0 atom stereocenters. The molecule has 0 saturated heterocycles. The second-order valence-corrected chi connectivity index (χ2v) is 6.89. The first-order chi connectivity index (χ1) is 13.5. The van der Waals surface area contributed by atoms with Crippen molar-refractivity contribution in [1.29, 1.82) is 0 Å². The fourth-order valence-electron chi connectivity index (χ4n) is 3.32. The first-order valence-electron chi connectivity index (χ1n) is 8.84. The van der Waals surface area contributed by atoms with Crippen LogP contribution in [0.5, 0.6) is 0 Å². The highest BCUT2D eigenvalue weighted by atomic mass is 35.5. The number of carbonyl (C=O) groups is 1. The minimum absolute atomic E-state index is 0.191. The van der Waals surface area contributed by atoms with Crippen molar-refractivity contribution in [1.82, 2.24) is 14.3 Å². The molecular weight excluding hydrogens is 381 g/mol. The largest absolute Gasteiger partial charge is 0.354 e. The van der Waals surface area contributed by atoms with Gasteiger partial charge in [0.2, 0.25) is 5.91 Å². The minimum atomic E-state index is -0.466. The van der Waals surface area contributed by atoms with Gasteiger partial charge in [0.1, 0.15) is 17.9 Å². The number of hydrogen-bond donors (Lipinski definition) is 1. The Hall–Kier alpha value is -3.12. The zero-order chi connectivity index (χ0) is 19.7. The molecular formula is C21H17ClFN3O2. The molecule has 4 rings (SSSR count). The van der Waals surface area contributed by atoms with E-state index in [1.807, 2.05) is 18.2 Å². The number of benzene rings is 2. The molecule has 0 spiro atoms. The Bertz CT molecular complexity index is 1250. The van der Waals surface area contributed by atoms with Crippen molar-refractivity contribution in [2.24, 2.45) is 0 Å². The highest BCUT2D eigenvalue weighted by Gasteiger charge is 2.14. The lowest BCUT2D eigenvalue weighted by atomic mass is 10.1. The van der Waals surface area contributed by atoms with Crippen molar-refractivity contribution in [3.63, 3.8) is 0 Å². The van der Waals surface area contributed by atoms with E-state index in [1.54, 1.807) is 34.9 Å². The number of halogens is 2. The van der Waals surface area contributed by atoms with Crippen LogP contribution in [0.3, 0.4) is 0 Å². The van der Waals surface area contributed by atoms with E-state index in [4.69, 9.17) is 11.6 Å². The summed E-state index contributed by atoms with van der Waals surface area (Å²) in [6.07, 6.45) is 2.32. The van der Waals surface area contributed by atoms with Gasteiger partial charge in [-0.15, -0.1) is 0 Å². The molecule has 2 aromatic carbocycles. The summed E-state index contributed by atoms with van der Waals surface area (Å²) in [5, 5.41) is 3.44. The van der Waals surface area contributed by atoms with E-state index in [2.05, 4.69) is 5.32 Å². The molecule has 5 nitrogen and oxygen atoms in total. The van der Waals surface area contributed by atoms with Crippen LogP contribution in [0.15, 0.2) is 65.6 Å². The second-order valence-electron chi connectivity index (χ2n) is 6.48. The fraction of sp³-hybridized carbons (Fsp3) is 0.143. The molecule has 0 radical (unpaired) electrons. The number of carbonyl (C=O) groups excluding carboxylic acids is 1. The lowest BCUT2D eigenvalue weighted by molar-refractivity contribution is -0.121. The minimum Gasteiger partial charge on any atom is -0.354 e. The summed E-state index contributed by atoms with van der Waals surface area (Å²) in [6.45, 7) is 0.194. The van der Waals surface area contributed by atoms with Gasteiger partial charge in [0.15, 0.2) is 0 Å². The van der Waals surface area contributed by atoms with Gasteiger partial charge in [-0.2, -0.15) is 0 Å². The van der Waals surface area contributed by atoms with Crippen LogP contribution in [0.2, 0.25) is 5.02 Å². The molecule has 1 N–H and O–H groups in total. The van der Waals surface area contributed by atoms with Crippen LogP contribution in [0.4, 0.5) is 4.39 Å². The number of hydrogen-bond acceptors (Lipinski definition) is 2. The van der Waals surface area contributed by atoms with Crippen LogP contribution in [0.1, 0.15) is 5.56 Å². The number of nitrogens with zero attached hydrogens (tertiary/aromatic N) is 2. The smallest absolute Gasteiger partial charge is 0.275 e. The van der Waals surface area contributed by atoms with Crippen LogP contribution in [-0.4, -0.2) is 21.4 Å². The van der Waals surface area contributed by atoms with Crippen molar-refractivity contribution in [2.75, 3.05) is 6.54 Å². The van der Waals surface area contributed by atoms with Crippen molar-refractivity contribution in [2.45, 2.75) is 13.0 Å². The molecule has 4 aromatic rings. The van der Waals surface area contributed by atoms with E-state index < -0.39 is 5.82 Å². The predicted octanol–water partition coefficient (Wildman–Crippen LogP) is 3.41. The molecule has 0 saturated carbocycles. The molecule has 2 heterocycles. The molecule has 0 fully saturated rings. The van der Waals surface area contributed by atoms with Crippen molar-refractivity contribution < 1.29 is 9.18 Å². The number of aromatic nitrogens is 2. The number of amides is 1. The van der Waals surface area contributed by atoms with Gasteiger partial charge in [-0.3, -0.25) is 14.2 Å². The van der Waals surface area contributed by atoms with Gasteiger partial charge in [0.05, 0.1) is 11.0 Å². The summed E-state index contributed by atoms with van der Waals surface area (Å²) in [5.74, 6) is -0.790. The van der Waals surface area contributed by atoms with E-state index in [0.717, 1.165) is 5.56 Å². The summed E-state index contributed by atoms with van der Waals surface area (Å²) in [6, 6.07) is 15.1. The van der Waals surface area contributed by atoms with Crippen LogP contribution in [0.25, 0.3) is 16.6 Å².